The van der Waals surface area contributed by atoms with E-state index in [4.69, 9.17) is 19.9 Å². The van der Waals surface area contributed by atoms with Gasteiger partial charge in [-0.05, 0) is 52.3 Å². The minimum atomic E-state index is -0.997. The van der Waals surface area contributed by atoms with Gasteiger partial charge < -0.3 is 40.6 Å². The van der Waals surface area contributed by atoms with Gasteiger partial charge in [0.15, 0.2) is 6.10 Å². The highest BCUT2D eigenvalue weighted by Gasteiger charge is 2.33. The summed E-state index contributed by atoms with van der Waals surface area (Å²) in [6.45, 7) is 8.09. The fraction of sp³-hybridized carbons (Fsp3) is 0.562. The number of aliphatic hydroxyl groups is 1. The van der Waals surface area contributed by atoms with E-state index < -0.39 is 53.9 Å². The summed E-state index contributed by atoms with van der Waals surface area (Å²) in [5, 5.41) is 17.0. The van der Waals surface area contributed by atoms with Crippen molar-refractivity contribution in [1.29, 1.82) is 0 Å². The van der Waals surface area contributed by atoms with Crippen LogP contribution in [-0.4, -0.2) is 99.4 Å². The number of hydrogen-bond donors (Lipinski definition) is 4. The van der Waals surface area contributed by atoms with Gasteiger partial charge in [-0.15, -0.1) is 12.4 Å². The molecule has 2 amide bonds. The van der Waals surface area contributed by atoms with Crippen LogP contribution in [0.3, 0.4) is 0 Å². The highest BCUT2D eigenvalue weighted by molar-refractivity contribution is 6.23. The number of likely N-dealkylation sites (N-methyl/N-ethyl adjacent to an activating group) is 1. The van der Waals surface area contributed by atoms with Crippen molar-refractivity contribution in [3.63, 3.8) is 0 Å². The third-order valence-electron chi connectivity index (χ3n) is 7.65. The summed E-state index contributed by atoms with van der Waals surface area (Å²) in [5.74, 6) is -2.06. The fourth-order valence-electron chi connectivity index (χ4n) is 5.18. The summed E-state index contributed by atoms with van der Waals surface area (Å²) < 4.78 is 16.6. The van der Waals surface area contributed by atoms with Gasteiger partial charge in [0.05, 0.1) is 23.6 Å². The lowest BCUT2D eigenvalue weighted by Crippen LogP contribution is -2.38. The Kier molecular flexibility index (Phi) is 16.4. The highest BCUT2D eigenvalue weighted by Crippen LogP contribution is 2.28. The largest absolute Gasteiger partial charge is 0.439 e. The topological polar surface area (TPSA) is 170 Å². The molecule has 6 atom stereocenters. The molecule has 5 N–H and O–H groups in total. The predicted molar refractivity (Wildman–Crippen MR) is 173 cm³/mol. The van der Waals surface area contributed by atoms with E-state index >= 15 is 0 Å². The zero-order valence-electron chi connectivity index (χ0n) is 27.4. The average molecular weight is 653 g/mol. The number of nitrogens with one attached hydrogen (secondary N) is 2. The van der Waals surface area contributed by atoms with Crippen LogP contribution < -0.4 is 16.4 Å². The first-order chi connectivity index (χ1) is 20.7. The van der Waals surface area contributed by atoms with E-state index in [9.17, 15) is 24.3 Å². The van der Waals surface area contributed by atoms with Crippen molar-refractivity contribution in [2.75, 3.05) is 41.4 Å². The van der Waals surface area contributed by atoms with Crippen molar-refractivity contribution in [2.45, 2.75) is 65.0 Å². The number of nitrogens with zero attached hydrogens (tertiary/aromatic N) is 1. The number of amides is 2. The number of ether oxygens (including phenoxy) is 3. The standard InChI is InChI=1S/C32H48N4O8.ClH/c1-18-14-22-27(34-12-13-36(5)6)24(37)17-23(29(22)39)35-31(40)19(2)10-9-11-25(42-7)30(44-32(33)41)21(4)16-20(3)28(38)26(15-18)43-8;/h9-11,16-18,20,25-26,28,30,34,38H,12-15H2,1-8H3,(H2,33,41)(H,35,40);1H/b11-9+,19-10-,21-16+;. The molecule has 2 aliphatic rings. The number of halogens is 1. The Morgan fingerprint density at radius 1 is 1.16 bits per heavy atom. The summed E-state index contributed by atoms with van der Waals surface area (Å²) in [4.78, 5) is 53.7. The number of rotatable bonds is 7. The molecular weight excluding hydrogens is 604 g/mol. The molecule has 0 fully saturated rings. The van der Waals surface area contributed by atoms with E-state index in [1.54, 1.807) is 32.1 Å². The molecule has 0 saturated heterocycles. The Balaban J connectivity index is 0.0000101. The molecule has 1 aliphatic carbocycles. The summed E-state index contributed by atoms with van der Waals surface area (Å²) in [7, 11) is 6.74. The molecule has 0 spiro atoms. The van der Waals surface area contributed by atoms with Gasteiger partial charge in [0.1, 0.15) is 6.10 Å². The average Bonchev–Trinajstić information content (AvgIpc) is 2.95. The lowest BCUT2D eigenvalue weighted by molar-refractivity contribution is -0.120. The first kappa shape index (κ1) is 39.7. The van der Waals surface area contributed by atoms with E-state index in [0.29, 0.717) is 25.1 Å². The molecule has 252 valence electrons. The van der Waals surface area contributed by atoms with Crippen LogP contribution in [0.25, 0.3) is 0 Å². The van der Waals surface area contributed by atoms with E-state index in [0.717, 1.165) is 6.08 Å². The Morgan fingerprint density at radius 2 is 1.82 bits per heavy atom. The molecule has 1 aliphatic heterocycles. The third kappa shape index (κ3) is 11.5. The van der Waals surface area contributed by atoms with Crippen LogP contribution in [0.2, 0.25) is 0 Å². The van der Waals surface area contributed by atoms with Crippen LogP contribution in [0.4, 0.5) is 4.79 Å². The molecule has 0 saturated carbocycles. The molecule has 45 heavy (non-hydrogen) atoms. The van der Waals surface area contributed by atoms with Crippen LogP contribution in [-0.2, 0) is 28.6 Å². The molecule has 0 aromatic rings. The first-order valence-corrected chi connectivity index (χ1v) is 14.7. The van der Waals surface area contributed by atoms with E-state index in [1.165, 1.54) is 20.3 Å². The van der Waals surface area contributed by atoms with Crippen molar-refractivity contribution in [3.8, 4) is 0 Å². The van der Waals surface area contributed by atoms with Crippen LogP contribution in [0.1, 0.15) is 40.5 Å². The van der Waals surface area contributed by atoms with Crippen molar-refractivity contribution in [1.82, 2.24) is 15.5 Å². The Labute approximate surface area is 272 Å². The monoisotopic (exact) mass is 652 g/mol. The van der Waals surface area contributed by atoms with Crippen molar-refractivity contribution in [3.05, 3.63) is 58.5 Å². The van der Waals surface area contributed by atoms with Gasteiger partial charge in [0.2, 0.25) is 11.6 Å². The van der Waals surface area contributed by atoms with Crippen molar-refractivity contribution in [2.24, 2.45) is 17.6 Å². The minimum Gasteiger partial charge on any atom is -0.439 e. The number of allylic oxidation sites excluding steroid dienone is 4. The number of carbonyl (C=O) groups excluding carboxylic acids is 4. The lowest BCUT2D eigenvalue weighted by atomic mass is 9.85. The van der Waals surface area contributed by atoms with Gasteiger partial charge in [-0.1, -0.05) is 38.2 Å². The number of carbonyl (C=O) groups is 4. The Morgan fingerprint density at radius 3 is 2.40 bits per heavy atom. The van der Waals surface area contributed by atoms with Gasteiger partial charge in [0.25, 0.3) is 5.91 Å². The Bertz CT molecular complexity index is 1240. The normalized spacial score (nSPS) is 30.3. The maximum Gasteiger partial charge on any atom is 0.405 e. The maximum atomic E-state index is 13.7. The summed E-state index contributed by atoms with van der Waals surface area (Å²) in [6, 6.07) is 0. The molecule has 12 nitrogen and oxygen atoms in total. The van der Waals surface area contributed by atoms with Crippen LogP contribution in [0.15, 0.2) is 58.5 Å². The lowest BCUT2D eigenvalue weighted by Gasteiger charge is -2.30. The minimum absolute atomic E-state index is 0. The smallest absolute Gasteiger partial charge is 0.405 e. The second-order valence-corrected chi connectivity index (χ2v) is 11.7. The molecule has 0 radical (unpaired) electrons. The third-order valence-corrected chi connectivity index (χ3v) is 7.65. The second kappa shape index (κ2) is 18.6. The zero-order chi connectivity index (χ0) is 33.1. The number of hydrogen-bond acceptors (Lipinski definition) is 10. The molecule has 2 bridgehead atoms. The zero-order valence-corrected chi connectivity index (χ0v) is 28.2. The molecule has 0 aromatic heterocycles. The molecule has 1 heterocycles. The van der Waals surface area contributed by atoms with E-state index in [1.807, 2.05) is 32.8 Å². The molecule has 2 rings (SSSR count). The molecule has 0 aromatic carbocycles. The van der Waals surface area contributed by atoms with Crippen LogP contribution in [0.5, 0.6) is 0 Å². The SMILES string of the molecule is COC1/C=C/C=C(/C)C(=O)NC2=CC(=O)C(NCCN(C)C)=C(CC(C)CC(OC)C(O)C(C)/C=C(\C)C1OC(N)=O)C2=O.Cl. The number of nitrogens with two attached hydrogens (primary N) is 1. The molecular formula is C32H49ClN4O8. The van der Waals surface area contributed by atoms with Crippen molar-refractivity contribution < 1.29 is 38.5 Å². The van der Waals surface area contributed by atoms with E-state index in [2.05, 4.69) is 10.6 Å². The van der Waals surface area contributed by atoms with Crippen LogP contribution in [0, 0.1) is 11.8 Å². The van der Waals surface area contributed by atoms with Gasteiger partial charge in [0, 0.05) is 50.4 Å². The predicted octanol–water partition coefficient (Wildman–Crippen LogP) is 2.34. The van der Waals surface area contributed by atoms with E-state index in [-0.39, 0.29) is 47.3 Å². The Hall–Kier alpha value is -3.29. The number of methoxy groups -OCH3 is 2. The number of primary amides is 1. The van der Waals surface area contributed by atoms with Gasteiger partial charge in [-0.2, -0.15) is 0 Å². The summed E-state index contributed by atoms with van der Waals surface area (Å²) in [6.07, 6.45) is 3.88. The molecule has 6 unspecified atom stereocenters. The summed E-state index contributed by atoms with van der Waals surface area (Å²) in [5.41, 5.74) is 6.55. The maximum absolute atomic E-state index is 13.7. The number of fused-ring (bicyclic) bond motifs is 2. The first-order valence-electron chi connectivity index (χ1n) is 14.7. The van der Waals surface area contributed by atoms with Gasteiger partial charge in [-0.25, -0.2) is 4.79 Å². The number of ketones is 2. The second-order valence-electron chi connectivity index (χ2n) is 11.7. The number of aliphatic hydroxyl groups excluding tert-OH is 1. The van der Waals surface area contributed by atoms with Gasteiger partial charge in [-0.3, -0.25) is 14.4 Å². The van der Waals surface area contributed by atoms with Crippen molar-refractivity contribution >= 4 is 36.0 Å². The quantitative estimate of drug-likeness (QED) is 0.237. The summed E-state index contributed by atoms with van der Waals surface area (Å²) >= 11 is 0. The van der Waals surface area contributed by atoms with Gasteiger partial charge >= 0.3 is 6.09 Å². The fourth-order valence-corrected chi connectivity index (χ4v) is 5.18. The number of Topliss-reactive ketones (excluding diaryl/α,β-unsaturated/α-hetero) is 1. The highest BCUT2D eigenvalue weighted by atomic mass is 35.5. The van der Waals surface area contributed by atoms with Crippen LogP contribution >= 0.6 is 12.4 Å². The molecule has 13 heteroatoms.